The van der Waals surface area contributed by atoms with E-state index >= 15 is 0 Å². The molecule has 36 heavy (non-hydrogen) atoms. The van der Waals surface area contributed by atoms with Gasteiger partial charge in [0.2, 0.25) is 0 Å². The minimum atomic E-state index is -1.20. The Hall–Kier alpha value is -2.25. The predicted molar refractivity (Wildman–Crippen MR) is 138 cm³/mol. The van der Waals surface area contributed by atoms with Crippen molar-refractivity contribution in [2.75, 3.05) is 0 Å². The van der Waals surface area contributed by atoms with Gasteiger partial charge in [0.05, 0.1) is 35.1 Å². The van der Waals surface area contributed by atoms with Gasteiger partial charge in [-0.2, -0.15) is 0 Å². The minimum Gasteiger partial charge on any atom is -0.457 e. The number of hydrogen-bond donors (Lipinski definition) is 2. The second kappa shape index (κ2) is 10.3. The Morgan fingerprint density at radius 1 is 1.08 bits per heavy atom. The first-order valence-electron chi connectivity index (χ1n) is 13.4. The number of Topliss-reactive ketones (excluding diaryl/α,β-unsaturated/α-hetero) is 1. The van der Waals surface area contributed by atoms with Gasteiger partial charge in [0, 0.05) is 13.0 Å². The number of fused-ring (bicyclic) bond motifs is 2. The number of ether oxygens (including phenoxy) is 1. The number of benzene rings is 1. The van der Waals surface area contributed by atoms with Crippen LogP contribution in [0.1, 0.15) is 83.7 Å². The molecule has 1 aliphatic heterocycles. The molecule has 0 radical (unpaired) electrons. The summed E-state index contributed by atoms with van der Waals surface area (Å²) in [6, 6.07) is 6.03. The summed E-state index contributed by atoms with van der Waals surface area (Å²) in [6.45, 7) is 8.98. The van der Waals surface area contributed by atoms with Gasteiger partial charge in [-0.15, -0.1) is 0 Å². The van der Waals surface area contributed by atoms with Crippen LogP contribution < -0.4 is 0 Å². The van der Waals surface area contributed by atoms with Gasteiger partial charge in [-0.05, 0) is 61.6 Å². The molecule has 1 aliphatic carbocycles. The summed E-state index contributed by atoms with van der Waals surface area (Å²) in [5, 5.41) is 21.8. The van der Waals surface area contributed by atoms with Gasteiger partial charge in [0.15, 0.2) is 0 Å². The Labute approximate surface area is 214 Å². The molecule has 7 nitrogen and oxygen atoms in total. The highest BCUT2D eigenvalue weighted by atomic mass is 16.5. The molecule has 1 aromatic carbocycles. The Balaban J connectivity index is 1.60. The third kappa shape index (κ3) is 5.37. The first-order valence-corrected chi connectivity index (χ1v) is 13.4. The number of esters is 1. The Kier molecular flexibility index (Phi) is 7.63. The van der Waals surface area contributed by atoms with Crippen LogP contribution in [0.15, 0.2) is 18.2 Å². The molecule has 7 atom stereocenters. The summed E-state index contributed by atoms with van der Waals surface area (Å²) in [5.41, 5.74) is 1.63. The van der Waals surface area contributed by atoms with Crippen molar-refractivity contribution in [2.45, 2.75) is 91.5 Å². The molecule has 2 N–H and O–H groups in total. The lowest BCUT2D eigenvalue weighted by atomic mass is 9.73. The van der Waals surface area contributed by atoms with Crippen molar-refractivity contribution in [2.24, 2.45) is 36.1 Å². The quantitative estimate of drug-likeness (QED) is 0.555. The van der Waals surface area contributed by atoms with E-state index in [0.29, 0.717) is 11.8 Å². The van der Waals surface area contributed by atoms with Crippen molar-refractivity contribution in [3.8, 4) is 0 Å². The molecule has 0 bridgehead atoms. The van der Waals surface area contributed by atoms with E-state index in [2.05, 4.69) is 4.98 Å². The van der Waals surface area contributed by atoms with Gasteiger partial charge in [0.25, 0.3) is 0 Å². The van der Waals surface area contributed by atoms with Crippen LogP contribution in [-0.4, -0.2) is 43.7 Å². The van der Waals surface area contributed by atoms with Gasteiger partial charge in [0.1, 0.15) is 17.7 Å². The SMILES string of the molecule is Cc1nc2cc([C@@H]3C[C@@H]4C[C@H]4CCCC(C)[C@H](O)C(C)C(=O)C(C)(C)C(O)CC(=O)O3)ccc2n1C. The highest BCUT2D eigenvalue weighted by molar-refractivity contribution is 5.88. The Morgan fingerprint density at radius 3 is 2.53 bits per heavy atom. The average molecular weight is 499 g/mol. The maximum absolute atomic E-state index is 13.3. The number of aryl methyl sites for hydroxylation is 2. The van der Waals surface area contributed by atoms with Gasteiger partial charge in [-0.1, -0.05) is 46.6 Å². The summed E-state index contributed by atoms with van der Waals surface area (Å²) >= 11 is 0. The van der Waals surface area contributed by atoms with E-state index in [0.717, 1.165) is 54.5 Å². The Bertz CT molecular complexity index is 1120. The van der Waals surface area contributed by atoms with Crippen molar-refractivity contribution in [3.63, 3.8) is 0 Å². The number of cyclic esters (lactones) is 1. The number of aliphatic hydroxyl groups excluding tert-OH is 2. The zero-order valence-electron chi connectivity index (χ0n) is 22.5. The topological polar surface area (TPSA) is 102 Å². The first kappa shape index (κ1) is 26.8. The Morgan fingerprint density at radius 2 is 1.81 bits per heavy atom. The van der Waals surface area contributed by atoms with E-state index in [9.17, 15) is 19.8 Å². The highest BCUT2D eigenvalue weighted by Gasteiger charge is 2.44. The van der Waals surface area contributed by atoms with E-state index in [4.69, 9.17) is 4.74 Å². The molecular weight excluding hydrogens is 456 g/mol. The van der Waals surface area contributed by atoms with Gasteiger partial charge < -0.3 is 19.5 Å². The zero-order valence-corrected chi connectivity index (χ0v) is 22.5. The molecule has 1 saturated carbocycles. The van der Waals surface area contributed by atoms with Gasteiger partial charge >= 0.3 is 5.97 Å². The number of hydrogen-bond acceptors (Lipinski definition) is 6. The van der Waals surface area contributed by atoms with Crippen molar-refractivity contribution in [1.29, 1.82) is 0 Å². The van der Waals surface area contributed by atoms with E-state index in [1.807, 2.05) is 43.7 Å². The normalized spacial score (nSPS) is 34.3. The lowest BCUT2D eigenvalue weighted by Gasteiger charge is -2.34. The lowest BCUT2D eigenvalue weighted by molar-refractivity contribution is -0.156. The van der Waals surface area contributed by atoms with Crippen LogP contribution in [0.4, 0.5) is 0 Å². The number of imidazole rings is 1. The third-order valence-electron chi connectivity index (χ3n) is 8.93. The predicted octanol–water partition coefficient (Wildman–Crippen LogP) is 4.66. The molecule has 3 unspecified atom stereocenters. The van der Waals surface area contributed by atoms with Crippen LogP contribution in [0.3, 0.4) is 0 Å². The highest BCUT2D eigenvalue weighted by Crippen LogP contribution is 2.49. The molecule has 0 spiro atoms. The third-order valence-corrected chi connectivity index (χ3v) is 8.93. The number of aliphatic hydroxyl groups is 2. The summed E-state index contributed by atoms with van der Waals surface area (Å²) in [7, 11) is 1.98. The zero-order chi connectivity index (χ0) is 26.4. The number of ketones is 1. The number of carbonyl (C=O) groups is 2. The molecule has 4 rings (SSSR count). The van der Waals surface area contributed by atoms with E-state index in [-0.39, 0.29) is 18.1 Å². The van der Waals surface area contributed by atoms with Crippen LogP contribution in [0.5, 0.6) is 0 Å². The fourth-order valence-electron chi connectivity index (χ4n) is 5.91. The van der Waals surface area contributed by atoms with Crippen LogP contribution in [0.2, 0.25) is 0 Å². The molecule has 2 aliphatic rings. The molecular formula is C29H42N2O5. The minimum absolute atomic E-state index is 0.00623. The standard InChI is InChI=1S/C29H42N2O5/c1-16-8-7-9-19-12-21(19)14-24(20-10-11-23-22(13-20)30-18(3)31(23)6)36-26(33)15-25(32)29(4,5)28(35)17(2)27(16)34/h10-11,13,16-17,19,21,24-25,27,32,34H,7-9,12,14-15H2,1-6H3/t16?,17?,19-,21+,24+,25?,27+/m1/s1. The molecule has 1 saturated heterocycles. The number of aromatic nitrogens is 2. The van der Waals surface area contributed by atoms with Crippen molar-refractivity contribution < 1.29 is 24.5 Å². The molecule has 2 aromatic rings. The van der Waals surface area contributed by atoms with Gasteiger partial charge in [-0.3, -0.25) is 9.59 Å². The van der Waals surface area contributed by atoms with Crippen LogP contribution in [0, 0.1) is 36.0 Å². The maximum atomic E-state index is 13.3. The fraction of sp³-hybridized carbons (Fsp3) is 0.690. The summed E-state index contributed by atoms with van der Waals surface area (Å²) in [6.07, 6.45) is 2.12. The van der Waals surface area contributed by atoms with E-state index < -0.39 is 35.6 Å². The number of rotatable bonds is 1. The van der Waals surface area contributed by atoms with Crippen molar-refractivity contribution >= 4 is 22.8 Å². The smallest absolute Gasteiger partial charge is 0.309 e. The fourth-order valence-corrected chi connectivity index (χ4v) is 5.91. The summed E-state index contributed by atoms with van der Waals surface area (Å²) < 4.78 is 8.03. The number of carbonyl (C=O) groups excluding carboxylic acids is 2. The van der Waals surface area contributed by atoms with Crippen LogP contribution in [-0.2, 0) is 21.4 Å². The molecule has 2 heterocycles. The van der Waals surface area contributed by atoms with Crippen molar-refractivity contribution in [1.82, 2.24) is 9.55 Å². The summed E-state index contributed by atoms with van der Waals surface area (Å²) in [5.74, 6) is 0.618. The van der Waals surface area contributed by atoms with Crippen LogP contribution in [0.25, 0.3) is 11.0 Å². The molecule has 0 amide bonds. The molecule has 7 heteroatoms. The first-order chi connectivity index (χ1) is 16.9. The lowest BCUT2D eigenvalue weighted by Crippen LogP contribution is -2.45. The molecule has 2 fully saturated rings. The second-order valence-corrected chi connectivity index (χ2v) is 11.9. The monoisotopic (exact) mass is 498 g/mol. The molecule has 1 aromatic heterocycles. The van der Waals surface area contributed by atoms with Gasteiger partial charge in [-0.25, -0.2) is 4.98 Å². The average Bonchev–Trinajstić information content (AvgIpc) is 3.51. The number of nitrogens with zero attached hydrogens (tertiary/aromatic N) is 2. The second-order valence-electron chi connectivity index (χ2n) is 11.9. The maximum Gasteiger partial charge on any atom is 0.309 e. The van der Waals surface area contributed by atoms with E-state index in [1.54, 1.807) is 20.8 Å². The van der Waals surface area contributed by atoms with E-state index in [1.165, 1.54) is 0 Å². The van der Waals surface area contributed by atoms with Crippen LogP contribution >= 0.6 is 0 Å². The molecule has 198 valence electrons. The summed E-state index contributed by atoms with van der Waals surface area (Å²) in [4.78, 5) is 30.9. The largest absolute Gasteiger partial charge is 0.457 e. The van der Waals surface area contributed by atoms with Crippen molar-refractivity contribution in [3.05, 3.63) is 29.6 Å².